The fourth-order valence-corrected chi connectivity index (χ4v) is 3.14. The highest BCUT2D eigenvalue weighted by atomic mass is 15.2. The number of hydrogen-bond donors (Lipinski definition) is 0. The van der Waals surface area contributed by atoms with Crippen molar-refractivity contribution in [3.63, 3.8) is 0 Å². The second-order valence-corrected chi connectivity index (χ2v) is 5.03. The highest BCUT2D eigenvalue weighted by Crippen LogP contribution is 2.37. The Morgan fingerprint density at radius 3 is 2.62 bits per heavy atom. The molecular formula is C14H20N2. The highest BCUT2D eigenvalue weighted by Gasteiger charge is 2.29. The monoisotopic (exact) mass is 216 g/mol. The van der Waals surface area contributed by atoms with Crippen molar-refractivity contribution in [1.29, 1.82) is 0 Å². The lowest BCUT2D eigenvalue weighted by Crippen LogP contribution is -2.35. The molecule has 0 spiro atoms. The molecule has 2 nitrogen and oxygen atoms in total. The number of nitrogens with zero attached hydrogens (tertiary/aromatic N) is 2. The van der Waals surface area contributed by atoms with Crippen LogP contribution in [0.15, 0.2) is 24.3 Å². The molecule has 3 rings (SSSR count). The Morgan fingerprint density at radius 2 is 1.81 bits per heavy atom. The first-order valence-electron chi connectivity index (χ1n) is 6.40. The molecule has 0 amide bonds. The van der Waals surface area contributed by atoms with Crippen LogP contribution in [0, 0.1) is 0 Å². The second-order valence-electron chi connectivity index (χ2n) is 5.03. The summed E-state index contributed by atoms with van der Waals surface area (Å²) in [4.78, 5) is 5.06. The standard InChI is InChI=1S/C14H20N2/c1-15-11-8-14(16-9-4-5-10-16)12-6-2-3-7-13(12)15/h2-3,6-7,14H,4-5,8-11H2,1H3. The molecule has 2 aliphatic heterocycles. The molecule has 1 aromatic carbocycles. The van der Waals surface area contributed by atoms with Crippen molar-refractivity contribution in [2.45, 2.75) is 25.3 Å². The zero-order chi connectivity index (χ0) is 11.0. The van der Waals surface area contributed by atoms with E-state index in [0.29, 0.717) is 6.04 Å². The van der Waals surface area contributed by atoms with Crippen LogP contribution in [0.1, 0.15) is 30.9 Å². The first-order chi connectivity index (χ1) is 7.86. The summed E-state index contributed by atoms with van der Waals surface area (Å²) >= 11 is 0. The first kappa shape index (κ1) is 10.2. The molecule has 2 heteroatoms. The van der Waals surface area contributed by atoms with Gasteiger partial charge in [0.05, 0.1) is 0 Å². The van der Waals surface area contributed by atoms with Crippen molar-refractivity contribution in [3.8, 4) is 0 Å². The van der Waals surface area contributed by atoms with E-state index in [0.717, 1.165) is 0 Å². The Bertz CT molecular complexity index is 369. The lowest BCUT2D eigenvalue weighted by Gasteiger charge is -2.37. The second kappa shape index (κ2) is 4.10. The number of rotatable bonds is 1. The van der Waals surface area contributed by atoms with Gasteiger partial charge in [0, 0.05) is 25.3 Å². The van der Waals surface area contributed by atoms with E-state index < -0.39 is 0 Å². The van der Waals surface area contributed by atoms with Crippen LogP contribution >= 0.6 is 0 Å². The molecule has 1 aromatic rings. The molecule has 1 unspecified atom stereocenters. The summed E-state index contributed by atoms with van der Waals surface area (Å²) in [5.74, 6) is 0. The summed E-state index contributed by atoms with van der Waals surface area (Å²) < 4.78 is 0. The summed E-state index contributed by atoms with van der Waals surface area (Å²) in [7, 11) is 2.21. The molecule has 16 heavy (non-hydrogen) atoms. The van der Waals surface area contributed by atoms with Crippen molar-refractivity contribution in [2.75, 3.05) is 31.6 Å². The highest BCUT2D eigenvalue weighted by molar-refractivity contribution is 5.56. The Labute approximate surface area is 97.9 Å². The predicted octanol–water partition coefficient (Wildman–Crippen LogP) is 2.66. The topological polar surface area (TPSA) is 6.48 Å². The molecule has 0 aromatic heterocycles. The Kier molecular flexibility index (Phi) is 2.60. The summed E-state index contributed by atoms with van der Waals surface area (Å²) in [6, 6.07) is 9.59. The third-order valence-electron chi connectivity index (χ3n) is 4.03. The summed E-state index contributed by atoms with van der Waals surface area (Å²) in [5.41, 5.74) is 2.98. The van der Waals surface area contributed by atoms with Gasteiger partial charge in [0.2, 0.25) is 0 Å². The predicted molar refractivity (Wildman–Crippen MR) is 67.9 cm³/mol. The van der Waals surface area contributed by atoms with Crippen molar-refractivity contribution >= 4 is 5.69 Å². The molecule has 2 heterocycles. The number of fused-ring (bicyclic) bond motifs is 1. The summed E-state index contributed by atoms with van der Waals surface area (Å²) in [6.45, 7) is 3.78. The third kappa shape index (κ3) is 1.61. The third-order valence-corrected chi connectivity index (χ3v) is 4.03. The van der Waals surface area contributed by atoms with Crippen LogP contribution in [0.25, 0.3) is 0 Å². The number of para-hydroxylation sites is 1. The van der Waals surface area contributed by atoms with Crippen LogP contribution in [0.5, 0.6) is 0 Å². The maximum atomic E-state index is 2.67. The van der Waals surface area contributed by atoms with Gasteiger partial charge in [0.25, 0.3) is 0 Å². The van der Waals surface area contributed by atoms with Gasteiger partial charge in [0.15, 0.2) is 0 Å². The van der Waals surface area contributed by atoms with Gasteiger partial charge in [-0.1, -0.05) is 18.2 Å². The molecule has 1 saturated heterocycles. The minimum absolute atomic E-state index is 0.676. The molecule has 2 aliphatic rings. The minimum atomic E-state index is 0.676. The van der Waals surface area contributed by atoms with Crippen molar-refractivity contribution in [3.05, 3.63) is 29.8 Å². The van der Waals surface area contributed by atoms with Crippen LogP contribution in [-0.4, -0.2) is 31.6 Å². The lowest BCUT2D eigenvalue weighted by atomic mass is 9.95. The molecule has 0 saturated carbocycles. The Hall–Kier alpha value is -1.02. The van der Waals surface area contributed by atoms with Crippen LogP contribution in [0.4, 0.5) is 5.69 Å². The van der Waals surface area contributed by atoms with Crippen LogP contribution in [0.3, 0.4) is 0 Å². The van der Waals surface area contributed by atoms with E-state index in [-0.39, 0.29) is 0 Å². The Balaban J connectivity index is 1.94. The molecular weight excluding hydrogens is 196 g/mol. The minimum Gasteiger partial charge on any atom is -0.374 e. The largest absolute Gasteiger partial charge is 0.374 e. The van der Waals surface area contributed by atoms with Gasteiger partial charge < -0.3 is 4.90 Å². The van der Waals surface area contributed by atoms with E-state index in [1.165, 1.54) is 50.1 Å². The van der Waals surface area contributed by atoms with Crippen molar-refractivity contribution < 1.29 is 0 Å². The maximum Gasteiger partial charge on any atom is 0.0412 e. The molecule has 86 valence electrons. The summed E-state index contributed by atoms with van der Waals surface area (Å²) in [6.07, 6.45) is 4.05. The lowest BCUT2D eigenvalue weighted by molar-refractivity contribution is 0.230. The van der Waals surface area contributed by atoms with Gasteiger partial charge in [-0.05, 0) is 44.0 Å². The van der Waals surface area contributed by atoms with Crippen LogP contribution < -0.4 is 4.90 Å². The van der Waals surface area contributed by atoms with E-state index >= 15 is 0 Å². The molecule has 0 aliphatic carbocycles. The van der Waals surface area contributed by atoms with Gasteiger partial charge in [0.1, 0.15) is 0 Å². The molecule has 1 atom stereocenters. The number of likely N-dealkylation sites (tertiary alicyclic amines) is 1. The average Bonchev–Trinajstić information content (AvgIpc) is 2.83. The zero-order valence-electron chi connectivity index (χ0n) is 10.0. The fraction of sp³-hybridized carbons (Fsp3) is 0.571. The van der Waals surface area contributed by atoms with E-state index in [1.807, 2.05) is 0 Å². The molecule has 0 bridgehead atoms. The molecule has 1 fully saturated rings. The van der Waals surface area contributed by atoms with Gasteiger partial charge in [-0.15, -0.1) is 0 Å². The number of hydrogen-bond acceptors (Lipinski definition) is 2. The SMILES string of the molecule is CN1CCC(N2CCCC2)c2ccccc21. The van der Waals surface area contributed by atoms with Crippen molar-refractivity contribution in [1.82, 2.24) is 4.90 Å². The van der Waals surface area contributed by atoms with E-state index in [2.05, 4.69) is 41.1 Å². The number of benzene rings is 1. The van der Waals surface area contributed by atoms with Crippen LogP contribution in [0.2, 0.25) is 0 Å². The quantitative estimate of drug-likeness (QED) is 0.712. The van der Waals surface area contributed by atoms with Gasteiger partial charge in [-0.2, -0.15) is 0 Å². The summed E-state index contributed by atoms with van der Waals surface area (Å²) in [5, 5.41) is 0. The maximum absolute atomic E-state index is 2.67. The van der Waals surface area contributed by atoms with Gasteiger partial charge in [-0.25, -0.2) is 0 Å². The fourth-order valence-electron chi connectivity index (χ4n) is 3.14. The number of anilines is 1. The van der Waals surface area contributed by atoms with E-state index in [4.69, 9.17) is 0 Å². The zero-order valence-corrected chi connectivity index (χ0v) is 10.0. The van der Waals surface area contributed by atoms with E-state index in [9.17, 15) is 0 Å². The normalized spacial score (nSPS) is 25.8. The Morgan fingerprint density at radius 1 is 1.06 bits per heavy atom. The van der Waals surface area contributed by atoms with Crippen LogP contribution in [-0.2, 0) is 0 Å². The van der Waals surface area contributed by atoms with Gasteiger partial charge in [-0.3, -0.25) is 4.90 Å². The van der Waals surface area contributed by atoms with Gasteiger partial charge >= 0.3 is 0 Å². The van der Waals surface area contributed by atoms with E-state index in [1.54, 1.807) is 0 Å². The first-order valence-corrected chi connectivity index (χ1v) is 6.40. The average molecular weight is 216 g/mol. The molecule has 0 radical (unpaired) electrons. The van der Waals surface area contributed by atoms with Crippen molar-refractivity contribution in [2.24, 2.45) is 0 Å². The molecule has 0 N–H and O–H groups in total. The smallest absolute Gasteiger partial charge is 0.0412 e.